The van der Waals surface area contributed by atoms with Crippen LogP contribution in [0.1, 0.15) is 0 Å². The predicted octanol–water partition coefficient (Wildman–Crippen LogP) is 17.9. The quantitative estimate of drug-likeness (QED) is 0.150. The molecular formula is C62H39NO2. The van der Waals surface area contributed by atoms with Gasteiger partial charge in [0.25, 0.3) is 0 Å². The minimum atomic E-state index is 0.852. The summed E-state index contributed by atoms with van der Waals surface area (Å²) < 4.78 is 13.8. The fraction of sp³-hybridized carbons (Fsp3) is 0. The van der Waals surface area contributed by atoms with E-state index < -0.39 is 0 Å². The van der Waals surface area contributed by atoms with Crippen LogP contribution in [-0.4, -0.2) is 0 Å². The highest BCUT2D eigenvalue weighted by Gasteiger charge is 2.24. The summed E-state index contributed by atoms with van der Waals surface area (Å²) in [4.78, 5) is 2.42. The Morgan fingerprint density at radius 2 is 0.785 bits per heavy atom. The Morgan fingerprint density at radius 1 is 0.262 bits per heavy atom. The van der Waals surface area contributed by atoms with E-state index in [-0.39, 0.29) is 0 Å². The first-order valence-corrected chi connectivity index (χ1v) is 22.2. The van der Waals surface area contributed by atoms with Crippen LogP contribution in [0.15, 0.2) is 245 Å². The zero-order valence-electron chi connectivity index (χ0n) is 35.3. The number of anilines is 3. The molecule has 304 valence electrons. The molecule has 0 aliphatic rings. The maximum Gasteiger partial charge on any atom is 0.145 e. The normalized spacial score (nSPS) is 11.7. The maximum absolute atomic E-state index is 6.90. The van der Waals surface area contributed by atoms with Crippen LogP contribution in [0, 0.1) is 0 Å². The lowest BCUT2D eigenvalue weighted by atomic mass is 9.96. The first kappa shape index (κ1) is 36.9. The molecular weight excluding hydrogens is 791 g/mol. The van der Waals surface area contributed by atoms with Gasteiger partial charge < -0.3 is 13.7 Å². The molecule has 0 fully saturated rings. The monoisotopic (exact) mass is 829 g/mol. The van der Waals surface area contributed by atoms with Crippen molar-refractivity contribution in [2.24, 2.45) is 0 Å². The lowest BCUT2D eigenvalue weighted by molar-refractivity contribution is 0.670. The van der Waals surface area contributed by atoms with Crippen molar-refractivity contribution >= 4 is 82.5 Å². The van der Waals surface area contributed by atoms with Crippen molar-refractivity contribution in [2.75, 3.05) is 4.90 Å². The number of fused-ring (bicyclic) bond motifs is 9. The minimum Gasteiger partial charge on any atom is -0.455 e. The fourth-order valence-corrected chi connectivity index (χ4v) is 10.0. The standard InChI is InChI=1S/C62H39NO2/c1-3-14-40(15-4-1)41-28-30-44(31-29-41)50-38-39-57(59-55-20-9-10-27-58(55)64-62(50)59)63(56-26-13-23-51-47-19-8-7-18-43(47)34-37-52(51)56)46-35-32-45(33-36-46)49-22-12-25-54-53-24-11-21-48(60(53)65-61(49)54)42-16-5-2-6-17-42/h1-39H. The molecule has 13 aromatic rings. The average molecular weight is 830 g/mol. The van der Waals surface area contributed by atoms with E-state index in [9.17, 15) is 0 Å². The van der Waals surface area contributed by atoms with Crippen molar-refractivity contribution in [2.45, 2.75) is 0 Å². The molecule has 0 aliphatic carbocycles. The third-order valence-electron chi connectivity index (χ3n) is 13.1. The molecule has 0 N–H and O–H groups in total. The molecule has 3 nitrogen and oxygen atoms in total. The summed E-state index contributed by atoms with van der Waals surface area (Å²) in [5, 5.41) is 9.16. The van der Waals surface area contributed by atoms with E-state index in [1.807, 2.05) is 0 Å². The highest BCUT2D eigenvalue weighted by Crippen LogP contribution is 2.49. The van der Waals surface area contributed by atoms with E-state index in [1.54, 1.807) is 0 Å². The summed E-state index contributed by atoms with van der Waals surface area (Å²) in [6.45, 7) is 0. The fourth-order valence-electron chi connectivity index (χ4n) is 10.0. The summed E-state index contributed by atoms with van der Waals surface area (Å²) in [7, 11) is 0. The highest BCUT2D eigenvalue weighted by molar-refractivity contribution is 6.19. The lowest BCUT2D eigenvalue weighted by Gasteiger charge is -2.28. The van der Waals surface area contributed by atoms with Crippen LogP contribution in [0.25, 0.3) is 110 Å². The van der Waals surface area contributed by atoms with Crippen LogP contribution in [-0.2, 0) is 0 Å². The van der Waals surface area contributed by atoms with Crippen molar-refractivity contribution < 1.29 is 8.83 Å². The van der Waals surface area contributed by atoms with Gasteiger partial charge in [0.2, 0.25) is 0 Å². The second-order valence-electron chi connectivity index (χ2n) is 16.8. The molecule has 0 saturated heterocycles. The van der Waals surface area contributed by atoms with E-state index in [2.05, 4.69) is 241 Å². The number of benzene rings is 11. The first-order valence-electron chi connectivity index (χ1n) is 22.2. The number of hydrogen-bond acceptors (Lipinski definition) is 3. The van der Waals surface area contributed by atoms with Gasteiger partial charge in [-0.2, -0.15) is 0 Å². The highest BCUT2D eigenvalue weighted by atomic mass is 16.3. The average Bonchev–Trinajstić information content (AvgIpc) is 3.97. The van der Waals surface area contributed by atoms with Gasteiger partial charge in [-0.25, -0.2) is 0 Å². The van der Waals surface area contributed by atoms with Gasteiger partial charge in [0.1, 0.15) is 22.3 Å². The van der Waals surface area contributed by atoms with Crippen LogP contribution in [0.2, 0.25) is 0 Å². The molecule has 11 aromatic carbocycles. The number of rotatable bonds is 7. The Bertz CT molecular complexity index is 3920. The smallest absolute Gasteiger partial charge is 0.145 e. The van der Waals surface area contributed by atoms with Crippen LogP contribution in [0.5, 0.6) is 0 Å². The van der Waals surface area contributed by atoms with Crippen LogP contribution in [0.3, 0.4) is 0 Å². The molecule has 0 aliphatic heterocycles. The molecule has 0 atom stereocenters. The van der Waals surface area contributed by atoms with Gasteiger partial charge in [-0.05, 0) is 80.4 Å². The zero-order chi connectivity index (χ0) is 42.8. The second-order valence-corrected chi connectivity index (χ2v) is 16.8. The van der Waals surface area contributed by atoms with Crippen LogP contribution in [0.4, 0.5) is 17.1 Å². The Morgan fingerprint density at radius 3 is 1.51 bits per heavy atom. The van der Waals surface area contributed by atoms with Crippen LogP contribution < -0.4 is 4.90 Å². The third-order valence-corrected chi connectivity index (χ3v) is 13.1. The maximum atomic E-state index is 6.90. The Labute approximate surface area is 375 Å². The molecule has 0 saturated carbocycles. The Hall–Kier alpha value is -8.66. The van der Waals surface area contributed by atoms with E-state index in [4.69, 9.17) is 8.83 Å². The number of hydrogen-bond donors (Lipinski definition) is 0. The molecule has 65 heavy (non-hydrogen) atoms. The molecule has 0 spiro atoms. The van der Waals surface area contributed by atoms with Gasteiger partial charge in [0.05, 0.1) is 16.8 Å². The van der Waals surface area contributed by atoms with Gasteiger partial charge in [0.15, 0.2) is 0 Å². The second kappa shape index (κ2) is 15.0. The molecule has 0 amide bonds. The lowest BCUT2D eigenvalue weighted by Crippen LogP contribution is -2.11. The van der Waals surface area contributed by atoms with Gasteiger partial charge in [0, 0.05) is 43.9 Å². The largest absolute Gasteiger partial charge is 0.455 e. The van der Waals surface area contributed by atoms with E-state index >= 15 is 0 Å². The molecule has 3 heteroatoms. The SMILES string of the molecule is c1ccc(-c2ccc(-c3ccc(N(c4ccc(-c5cccc6c5oc5c(-c7ccccc7)cccc56)cc4)c4cccc5c4ccc4ccccc45)c4c3oc3ccccc34)cc2)cc1. The molecule has 0 radical (unpaired) electrons. The predicted molar refractivity (Wildman–Crippen MR) is 272 cm³/mol. The van der Waals surface area contributed by atoms with Gasteiger partial charge in [-0.3, -0.25) is 0 Å². The van der Waals surface area contributed by atoms with E-state index in [1.165, 1.54) is 27.3 Å². The van der Waals surface area contributed by atoms with Crippen molar-refractivity contribution in [3.8, 4) is 44.5 Å². The molecule has 2 aromatic heterocycles. The number of para-hydroxylation sites is 3. The zero-order valence-corrected chi connectivity index (χ0v) is 35.3. The van der Waals surface area contributed by atoms with Crippen molar-refractivity contribution in [1.29, 1.82) is 0 Å². The Balaban J connectivity index is 1.01. The minimum absolute atomic E-state index is 0.852. The Kier molecular flexibility index (Phi) is 8.53. The van der Waals surface area contributed by atoms with E-state index in [0.29, 0.717) is 0 Å². The molecule has 2 heterocycles. The van der Waals surface area contributed by atoms with E-state index in [0.717, 1.165) is 99.7 Å². The van der Waals surface area contributed by atoms with Gasteiger partial charge in [-0.15, -0.1) is 0 Å². The molecule has 0 unspecified atom stereocenters. The number of furan rings is 2. The summed E-state index contributed by atoms with van der Waals surface area (Å²) in [6, 6.07) is 84.5. The van der Waals surface area contributed by atoms with Crippen molar-refractivity contribution in [1.82, 2.24) is 0 Å². The molecule has 13 rings (SSSR count). The third kappa shape index (κ3) is 6.05. The summed E-state index contributed by atoms with van der Waals surface area (Å²) >= 11 is 0. The summed E-state index contributed by atoms with van der Waals surface area (Å²) in [5.74, 6) is 0. The summed E-state index contributed by atoms with van der Waals surface area (Å²) in [5.41, 5.74) is 15.5. The summed E-state index contributed by atoms with van der Waals surface area (Å²) in [6.07, 6.45) is 0. The topological polar surface area (TPSA) is 29.5 Å². The van der Waals surface area contributed by atoms with Crippen molar-refractivity contribution in [3.63, 3.8) is 0 Å². The number of nitrogens with zero attached hydrogens (tertiary/aromatic N) is 1. The van der Waals surface area contributed by atoms with Gasteiger partial charge in [-0.1, -0.05) is 200 Å². The molecule has 0 bridgehead atoms. The van der Waals surface area contributed by atoms with Crippen molar-refractivity contribution in [3.05, 3.63) is 237 Å². The van der Waals surface area contributed by atoms with Gasteiger partial charge >= 0.3 is 0 Å². The van der Waals surface area contributed by atoms with Crippen LogP contribution >= 0.6 is 0 Å². The first-order chi connectivity index (χ1) is 32.2.